The summed E-state index contributed by atoms with van der Waals surface area (Å²) < 4.78 is 16.7. The lowest BCUT2D eigenvalue weighted by Crippen LogP contribution is -2.45. The van der Waals surface area contributed by atoms with Gasteiger partial charge in [0.25, 0.3) is 0 Å². The van der Waals surface area contributed by atoms with Gasteiger partial charge in [0.2, 0.25) is 0 Å². The topological polar surface area (TPSA) is 30.9 Å². The summed E-state index contributed by atoms with van der Waals surface area (Å²) in [5, 5.41) is 0. The fourth-order valence-electron chi connectivity index (χ4n) is 2.98. The van der Waals surface area contributed by atoms with Crippen LogP contribution in [-0.2, 0) is 15.9 Å². The van der Waals surface area contributed by atoms with Gasteiger partial charge in [-0.15, -0.1) is 0 Å². The molecule has 1 aromatic rings. The highest BCUT2D eigenvalue weighted by molar-refractivity contribution is 5.27. The van der Waals surface area contributed by atoms with Crippen LogP contribution in [0.25, 0.3) is 0 Å². The van der Waals surface area contributed by atoms with Crippen LogP contribution >= 0.6 is 0 Å². The first kappa shape index (κ1) is 13.9. The van der Waals surface area contributed by atoms with E-state index in [-0.39, 0.29) is 5.79 Å². The van der Waals surface area contributed by atoms with Crippen molar-refractivity contribution in [2.45, 2.75) is 25.0 Å². The van der Waals surface area contributed by atoms with Crippen molar-refractivity contribution in [3.63, 3.8) is 0 Å². The molecule has 1 aromatic carbocycles. The molecule has 0 aliphatic carbocycles. The van der Waals surface area contributed by atoms with Gasteiger partial charge >= 0.3 is 0 Å². The number of rotatable bonds is 4. The van der Waals surface area contributed by atoms with Crippen LogP contribution in [0, 0.1) is 0 Å². The molecular weight excluding hydrogens is 254 g/mol. The van der Waals surface area contributed by atoms with Crippen molar-refractivity contribution in [1.29, 1.82) is 0 Å². The number of benzene rings is 1. The Bertz CT molecular complexity index is 416. The van der Waals surface area contributed by atoms with Crippen molar-refractivity contribution in [2.75, 3.05) is 40.0 Å². The molecule has 20 heavy (non-hydrogen) atoms. The van der Waals surface area contributed by atoms with E-state index in [1.165, 1.54) is 5.56 Å². The first-order valence-corrected chi connectivity index (χ1v) is 7.43. The van der Waals surface area contributed by atoms with E-state index in [2.05, 4.69) is 17.0 Å². The Labute approximate surface area is 120 Å². The Morgan fingerprint density at radius 3 is 2.35 bits per heavy atom. The van der Waals surface area contributed by atoms with Gasteiger partial charge in [0.05, 0.1) is 20.3 Å². The summed E-state index contributed by atoms with van der Waals surface area (Å²) in [6, 6.07) is 8.35. The average Bonchev–Trinajstić information content (AvgIpc) is 2.96. The number of hydrogen-bond donors (Lipinski definition) is 0. The Morgan fingerprint density at radius 2 is 1.75 bits per heavy atom. The summed E-state index contributed by atoms with van der Waals surface area (Å²) in [5.74, 6) is 0.667. The van der Waals surface area contributed by atoms with E-state index in [0.29, 0.717) is 0 Å². The molecule has 0 saturated carbocycles. The largest absolute Gasteiger partial charge is 0.497 e. The maximum absolute atomic E-state index is 5.76. The highest BCUT2D eigenvalue weighted by Gasteiger charge is 2.39. The van der Waals surface area contributed by atoms with Crippen LogP contribution in [0.3, 0.4) is 0 Å². The monoisotopic (exact) mass is 277 g/mol. The quantitative estimate of drug-likeness (QED) is 0.843. The first-order chi connectivity index (χ1) is 9.80. The van der Waals surface area contributed by atoms with E-state index in [1.54, 1.807) is 7.11 Å². The van der Waals surface area contributed by atoms with E-state index in [9.17, 15) is 0 Å². The van der Waals surface area contributed by atoms with Gasteiger partial charge in [-0.05, 0) is 24.1 Å². The van der Waals surface area contributed by atoms with Crippen molar-refractivity contribution >= 4 is 0 Å². The predicted molar refractivity (Wildman–Crippen MR) is 77.0 cm³/mol. The van der Waals surface area contributed by atoms with E-state index in [0.717, 1.165) is 57.9 Å². The van der Waals surface area contributed by atoms with Crippen LogP contribution in [0.4, 0.5) is 0 Å². The Kier molecular flexibility index (Phi) is 4.24. The summed E-state index contributed by atoms with van der Waals surface area (Å²) in [5.41, 5.74) is 1.36. The molecule has 2 saturated heterocycles. The zero-order valence-electron chi connectivity index (χ0n) is 12.1. The molecular formula is C16H23NO3. The van der Waals surface area contributed by atoms with Crippen LogP contribution in [0.2, 0.25) is 0 Å². The molecule has 0 bridgehead atoms. The lowest BCUT2D eigenvalue weighted by Gasteiger charge is -2.37. The van der Waals surface area contributed by atoms with Gasteiger partial charge in [-0.1, -0.05) is 12.1 Å². The SMILES string of the molecule is COc1ccc(CCN2CCC3(CC2)OCCO3)cc1. The van der Waals surface area contributed by atoms with Crippen molar-refractivity contribution in [2.24, 2.45) is 0 Å². The maximum atomic E-state index is 5.76. The summed E-state index contributed by atoms with van der Waals surface area (Å²) in [6.45, 7) is 4.74. The maximum Gasteiger partial charge on any atom is 0.170 e. The van der Waals surface area contributed by atoms with E-state index >= 15 is 0 Å². The normalized spacial score (nSPS) is 22.2. The van der Waals surface area contributed by atoms with Gasteiger partial charge in [-0.2, -0.15) is 0 Å². The molecule has 2 aliphatic heterocycles. The number of nitrogens with zero attached hydrogens (tertiary/aromatic N) is 1. The molecule has 0 atom stereocenters. The van der Waals surface area contributed by atoms with Gasteiger partial charge in [-0.3, -0.25) is 0 Å². The molecule has 1 spiro atoms. The van der Waals surface area contributed by atoms with Crippen molar-refractivity contribution in [1.82, 2.24) is 4.90 Å². The third-order valence-electron chi connectivity index (χ3n) is 4.31. The van der Waals surface area contributed by atoms with Crippen LogP contribution in [0.1, 0.15) is 18.4 Å². The third-order valence-corrected chi connectivity index (χ3v) is 4.31. The molecule has 3 rings (SSSR count). The first-order valence-electron chi connectivity index (χ1n) is 7.43. The average molecular weight is 277 g/mol. The number of hydrogen-bond acceptors (Lipinski definition) is 4. The summed E-state index contributed by atoms with van der Waals surface area (Å²) in [7, 11) is 1.70. The van der Waals surface area contributed by atoms with Gasteiger partial charge in [0.15, 0.2) is 5.79 Å². The molecule has 2 aliphatic rings. The van der Waals surface area contributed by atoms with Crippen molar-refractivity contribution in [3.8, 4) is 5.75 Å². The number of likely N-dealkylation sites (tertiary alicyclic amines) is 1. The zero-order valence-corrected chi connectivity index (χ0v) is 12.1. The molecule has 0 amide bonds. The molecule has 0 unspecified atom stereocenters. The van der Waals surface area contributed by atoms with Crippen molar-refractivity contribution < 1.29 is 14.2 Å². The summed E-state index contributed by atoms with van der Waals surface area (Å²) in [6.07, 6.45) is 3.07. The van der Waals surface area contributed by atoms with Crippen LogP contribution in [-0.4, -0.2) is 50.6 Å². The van der Waals surface area contributed by atoms with E-state index in [4.69, 9.17) is 14.2 Å². The molecule has 110 valence electrons. The molecule has 0 aromatic heterocycles. The Morgan fingerprint density at radius 1 is 1.10 bits per heavy atom. The Hall–Kier alpha value is -1.10. The Balaban J connectivity index is 1.45. The second kappa shape index (κ2) is 6.12. The van der Waals surface area contributed by atoms with Gasteiger partial charge in [-0.25, -0.2) is 0 Å². The van der Waals surface area contributed by atoms with Crippen molar-refractivity contribution in [3.05, 3.63) is 29.8 Å². The fourth-order valence-corrected chi connectivity index (χ4v) is 2.98. The third kappa shape index (κ3) is 3.14. The molecule has 2 fully saturated rings. The highest BCUT2D eigenvalue weighted by atomic mass is 16.7. The predicted octanol–water partition coefficient (Wildman–Crippen LogP) is 2.08. The number of piperidine rings is 1. The fraction of sp³-hybridized carbons (Fsp3) is 0.625. The zero-order chi connectivity index (χ0) is 13.8. The number of methoxy groups -OCH3 is 1. The standard InChI is InChI=1S/C16H23NO3/c1-18-15-4-2-14(3-5-15)6-9-17-10-7-16(8-11-17)19-12-13-20-16/h2-5H,6-13H2,1H3. The molecule has 0 N–H and O–H groups in total. The minimum absolute atomic E-state index is 0.253. The van der Waals surface area contributed by atoms with Crippen LogP contribution in [0.5, 0.6) is 5.75 Å². The lowest BCUT2D eigenvalue weighted by molar-refractivity contribution is -0.185. The summed E-state index contributed by atoms with van der Waals surface area (Å²) >= 11 is 0. The second-order valence-corrected chi connectivity index (χ2v) is 5.55. The minimum atomic E-state index is -0.253. The van der Waals surface area contributed by atoms with Crippen LogP contribution in [0.15, 0.2) is 24.3 Å². The molecule has 4 nitrogen and oxygen atoms in total. The smallest absolute Gasteiger partial charge is 0.170 e. The molecule has 2 heterocycles. The van der Waals surface area contributed by atoms with Gasteiger partial charge in [0.1, 0.15) is 5.75 Å². The van der Waals surface area contributed by atoms with Gasteiger partial charge < -0.3 is 19.1 Å². The second-order valence-electron chi connectivity index (χ2n) is 5.55. The lowest BCUT2D eigenvalue weighted by atomic mass is 10.0. The minimum Gasteiger partial charge on any atom is -0.497 e. The molecule has 4 heteroatoms. The van der Waals surface area contributed by atoms with Crippen LogP contribution < -0.4 is 4.74 Å². The van der Waals surface area contributed by atoms with E-state index < -0.39 is 0 Å². The molecule has 0 radical (unpaired) electrons. The number of ether oxygens (including phenoxy) is 3. The van der Waals surface area contributed by atoms with E-state index in [1.807, 2.05) is 12.1 Å². The summed E-state index contributed by atoms with van der Waals surface area (Å²) in [4.78, 5) is 2.50. The highest BCUT2D eigenvalue weighted by Crippen LogP contribution is 2.31. The van der Waals surface area contributed by atoms with Gasteiger partial charge in [0, 0.05) is 32.5 Å².